The summed E-state index contributed by atoms with van der Waals surface area (Å²) in [5.41, 5.74) is 6.66. The highest BCUT2D eigenvalue weighted by atomic mass is 16.3. The van der Waals surface area contributed by atoms with Gasteiger partial charge in [-0.15, -0.1) is 0 Å². The van der Waals surface area contributed by atoms with E-state index >= 15 is 0 Å². The van der Waals surface area contributed by atoms with Crippen molar-refractivity contribution in [2.75, 3.05) is 6.54 Å². The van der Waals surface area contributed by atoms with Crippen LogP contribution in [0.5, 0.6) is 0 Å². The Kier molecular flexibility index (Phi) is 5.33. The summed E-state index contributed by atoms with van der Waals surface area (Å²) in [7, 11) is 0. The molecule has 1 saturated heterocycles. The molecule has 0 bridgehead atoms. The van der Waals surface area contributed by atoms with E-state index in [4.69, 9.17) is 0 Å². The molecule has 1 N–H and O–H groups in total. The molecule has 1 heterocycles. The van der Waals surface area contributed by atoms with Crippen LogP contribution < -0.4 is 0 Å². The molecule has 0 saturated carbocycles. The summed E-state index contributed by atoms with van der Waals surface area (Å²) in [6.07, 6.45) is 0.457. The maximum atomic E-state index is 12.0. The van der Waals surface area contributed by atoms with Gasteiger partial charge in [0, 0.05) is 0 Å². The average Bonchev–Trinajstić information content (AvgIpc) is 3.38. The third-order valence-corrected chi connectivity index (χ3v) is 6.38. The van der Waals surface area contributed by atoms with Crippen molar-refractivity contribution in [3.05, 3.63) is 106 Å². The number of aryl methyl sites for hydroxylation is 3. The summed E-state index contributed by atoms with van der Waals surface area (Å²) in [5.74, 6) is 0. The van der Waals surface area contributed by atoms with Crippen LogP contribution >= 0.6 is 0 Å². The molecule has 0 amide bonds. The van der Waals surface area contributed by atoms with E-state index in [1.54, 1.807) is 0 Å². The second-order valence-corrected chi connectivity index (χ2v) is 8.41. The van der Waals surface area contributed by atoms with Crippen molar-refractivity contribution in [1.29, 1.82) is 0 Å². The van der Waals surface area contributed by atoms with E-state index in [0.717, 1.165) is 18.5 Å². The second-order valence-electron chi connectivity index (χ2n) is 8.41. The molecule has 3 aromatic rings. The Bertz CT molecular complexity index is 959. The molecule has 1 aliphatic heterocycles. The minimum Gasteiger partial charge on any atom is -0.386 e. The zero-order valence-electron chi connectivity index (χ0n) is 17.9. The fraction of sp³-hybridized carbons (Fsp3) is 0.333. The lowest BCUT2D eigenvalue weighted by Gasteiger charge is -2.28. The first kappa shape index (κ1) is 19.9. The predicted molar refractivity (Wildman–Crippen MR) is 120 cm³/mol. The first-order valence-corrected chi connectivity index (χ1v) is 10.6. The molecule has 2 heteroatoms. The Morgan fingerprint density at radius 3 is 2.00 bits per heavy atom. The summed E-state index contributed by atoms with van der Waals surface area (Å²) < 4.78 is 0. The highest BCUT2D eigenvalue weighted by molar-refractivity contribution is 5.49. The lowest BCUT2D eigenvalue weighted by atomic mass is 9.80. The van der Waals surface area contributed by atoms with Crippen LogP contribution in [0.25, 0.3) is 0 Å². The third kappa shape index (κ3) is 3.21. The van der Waals surface area contributed by atoms with Crippen molar-refractivity contribution in [3.8, 4) is 0 Å². The van der Waals surface area contributed by atoms with Crippen LogP contribution in [0.4, 0.5) is 0 Å². The van der Waals surface area contributed by atoms with Crippen LogP contribution in [0.1, 0.15) is 58.9 Å². The number of benzene rings is 3. The Hall–Kier alpha value is -2.42. The number of hydrogen-bond donors (Lipinski definition) is 1. The van der Waals surface area contributed by atoms with Gasteiger partial charge in [0.15, 0.2) is 0 Å². The van der Waals surface area contributed by atoms with E-state index in [-0.39, 0.29) is 6.04 Å². The molecule has 2 nitrogen and oxygen atoms in total. The van der Waals surface area contributed by atoms with Gasteiger partial charge >= 0.3 is 0 Å². The average molecular weight is 386 g/mol. The van der Waals surface area contributed by atoms with E-state index in [1.807, 2.05) is 0 Å². The number of nitrogens with zero attached hydrogens (tertiary/aromatic N) is 1. The zero-order valence-corrected chi connectivity index (χ0v) is 17.9. The van der Waals surface area contributed by atoms with Crippen molar-refractivity contribution in [2.24, 2.45) is 0 Å². The van der Waals surface area contributed by atoms with Gasteiger partial charge in [-0.1, -0.05) is 85.3 Å². The molecule has 0 spiro atoms. The molecule has 1 unspecified atom stereocenters. The van der Waals surface area contributed by atoms with Crippen molar-refractivity contribution in [2.45, 2.75) is 51.8 Å². The number of aliphatic hydroxyl groups excluding tert-OH is 1. The van der Waals surface area contributed by atoms with Crippen LogP contribution in [0, 0.1) is 20.8 Å². The van der Waals surface area contributed by atoms with E-state index in [1.165, 1.54) is 27.8 Å². The standard InChI is InChI=1S/C27H31NO/c1-5-16-28-25(22-12-8-6-9-13-22)27(28,23-14-10-7-11-15-23)26(29)24-20(3)17-19(2)18-21(24)4/h6-15,17-18,25-26,29H,5,16H2,1-4H3/t25-,26+,27-,28?/m0/s1. The van der Waals surface area contributed by atoms with Gasteiger partial charge in [-0.05, 0) is 61.6 Å². The van der Waals surface area contributed by atoms with Crippen LogP contribution in [0.3, 0.4) is 0 Å². The fourth-order valence-electron chi connectivity index (χ4n) is 5.32. The van der Waals surface area contributed by atoms with Crippen LogP contribution in [0.15, 0.2) is 72.8 Å². The van der Waals surface area contributed by atoms with E-state index in [0.29, 0.717) is 0 Å². The Morgan fingerprint density at radius 1 is 0.897 bits per heavy atom. The van der Waals surface area contributed by atoms with Crippen molar-refractivity contribution in [1.82, 2.24) is 4.90 Å². The predicted octanol–water partition coefficient (Wildman–Crippen LogP) is 6.01. The van der Waals surface area contributed by atoms with Gasteiger partial charge in [-0.2, -0.15) is 0 Å². The highest BCUT2D eigenvalue weighted by Crippen LogP contribution is 2.66. The minimum absolute atomic E-state index is 0.168. The van der Waals surface area contributed by atoms with Crippen LogP contribution in [0.2, 0.25) is 0 Å². The van der Waals surface area contributed by atoms with Gasteiger partial charge in [0.1, 0.15) is 6.10 Å². The molecule has 1 fully saturated rings. The molecule has 29 heavy (non-hydrogen) atoms. The first-order chi connectivity index (χ1) is 14.0. The van der Waals surface area contributed by atoms with Crippen molar-refractivity contribution < 1.29 is 5.11 Å². The maximum Gasteiger partial charge on any atom is 0.104 e. The summed E-state index contributed by atoms with van der Waals surface area (Å²) in [6.45, 7) is 9.54. The Balaban J connectivity index is 1.91. The Morgan fingerprint density at radius 2 is 1.45 bits per heavy atom. The topological polar surface area (TPSA) is 23.2 Å². The van der Waals surface area contributed by atoms with Crippen LogP contribution in [-0.4, -0.2) is 16.6 Å². The van der Waals surface area contributed by atoms with Gasteiger partial charge in [0.05, 0.1) is 11.6 Å². The fourth-order valence-corrected chi connectivity index (χ4v) is 5.32. The molecule has 0 aromatic heterocycles. The maximum absolute atomic E-state index is 12.0. The lowest BCUT2D eigenvalue weighted by Crippen LogP contribution is -2.27. The number of hydrogen-bond acceptors (Lipinski definition) is 2. The number of rotatable bonds is 6. The third-order valence-electron chi connectivity index (χ3n) is 6.38. The van der Waals surface area contributed by atoms with Gasteiger partial charge in [0.2, 0.25) is 0 Å². The quantitative estimate of drug-likeness (QED) is 0.525. The molecule has 3 aromatic carbocycles. The van der Waals surface area contributed by atoms with Crippen molar-refractivity contribution >= 4 is 0 Å². The molecule has 4 atom stereocenters. The first-order valence-electron chi connectivity index (χ1n) is 10.6. The summed E-state index contributed by atoms with van der Waals surface area (Å²) in [5, 5.41) is 12.0. The monoisotopic (exact) mass is 385 g/mol. The summed E-state index contributed by atoms with van der Waals surface area (Å²) in [4.78, 5) is 2.49. The normalized spacial score (nSPS) is 24.3. The van der Waals surface area contributed by atoms with Gasteiger partial charge in [0.25, 0.3) is 0 Å². The molecular formula is C27H31NO. The molecule has 150 valence electrons. The largest absolute Gasteiger partial charge is 0.386 e. The molecular weight excluding hydrogens is 354 g/mol. The summed E-state index contributed by atoms with van der Waals surface area (Å²) in [6, 6.07) is 25.8. The summed E-state index contributed by atoms with van der Waals surface area (Å²) >= 11 is 0. The SMILES string of the molecule is CCCN1[C@@H](c2ccccc2)[C@@]1(c1ccccc1)[C@H](O)c1c(C)cc(C)cc1C. The van der Waals surface area contributed by atoms with Crippen molar-refractivity contribution in [3.63, 3.8) is 0 Å². The van der Waals surface area contributed by atoms with E-state index in [2.05, 4.69) is 105 Å². The van der Waals surface area contributed by atoms with Gasteiger partial charge in [-0.25, -0.2) is 0 Å². The van der Waals surface area contributed by atoms with E-state index in [9.17, 15) is 5.11 Å². The molecule has 1 aliphatic rings. The van der Waals surface area contributed by atoms with E-state index < -0.39 is 11.6 Å². The molecule has 0 radical (unpaired) electrons. The smallest absolute Gasteiger partial charge is 0.104 e. The Labute approximate surface area is 174 Å². The number of aliphatic hydroxyl groups is 1. The molecule has 0 aliphatic carbocycles. The van der Waals surface area contributed by atoms with Crippen LogP contribution in [-0.2, 0) is 5.54 Å². The second kappa shape index (κ2) is 7.78. The van der Waals surface area contributed by atoms with Gasteiger partial charge < -0.3 is 5.11 Å². The highest BCUT2D eigenvalue weighted by Gasteiger charge is 2.67. The minimum atomic E-state index is -0.595. The molecule has 4 rings (SSSR count). The van der Waals surface area contributed by atoms with Gasteiger partial charge in [-0.3, -0.25) is 4.90 Å². The lowest BCUT2D eigenvalue weighted by molar-refractivity contribution is 0.101. The zero-order chi connectivity index (χ0) is 20.6.